The molecule has 0 bridgehead atoms. The smallest absolute Gasteiger partial charge is 0.236 e. The molecule has 1 rings (SSSR count). The minimum absolute atomic E-state index is 0.0492. The van der Waals surface area contributed by atoms with Gasteiger partial charge in [0.15, 0.2) is 0 Å². The van der Waals surface area contributed by atoms with E-state index in [0.717, 1.165) is 5.56 Å². The van der Waals surface area contributed by atoms with Crippen LogP contribution in [0.4, 0.5) is 0 Å². The monoisotopic (exact) mass is 327 g/mol. The SMILES string of the molecule is COc1ccc(Cl)cc1CNC(=O)CN(C)CC(=O)N(C)C. The van der Waals surface area contributed by atoms with Crippen molar-refractivity contribution in [2.75, 3.05) is 41.3 Å². The van der Waals surface area contributed by atoms with Gasteiger partial charge in [-0.3, -0.25) is 14.5 Å². The van der Waals surface area contributed by atoms with Crippen molar-refractivity contribution in [3.63, 3.8) is 0 Å². The molecule has 6 nitrogen and oxygen atoms in total. The Balaban J connectivity index is 2.49. The summed E-state index contributed by atoms with van der Waals surface area (Å²) in [5, 5.41) is 3.37. The quantitative estimate of drug-likeness (QED) is 0.811. The van der Waals surface area contributed by atoms with E-state index in [-0.39, 0.29) is 24.9 Å². The van der Waals surface area contributed by atoms with Gasteiger partial charge in [-0.05, 0) is 25.2 Å². The van der Waals surface area contributed by atoms with Crippen molar-refractivity contribution in [1.82, 2.24) is 15.1 Å². The van der Waals surface area contributed by atoms with Gasteiger partial charge in [0.05, 0.1) is 20.2 Å². The Morgan fingerprint density at radius 3 is 2.50 bits per heavy atom. The number of likely N-dealkylation sites (N-methyl/N-ethyl adjacent to an activating group) is 2. The topological polar surface area (TPSA) is 61.9 Å². The lowest BCUT2D eigenvalue weighted by atomic mass is 10.2. The van der Waals surface area contributed by atoms with Gasteiger partial charge in [-0.15, -0.1) is 0 Å². The number of carbonyl (C=O) groups is 2. The zero-order valence-electron chi connectivity index (χ0n) is 13.4. The highest BCUT2D eigenvalue weighted by atomic mass is 35.5. The van der Waals surface area contributed by atoms with Gasteiger partial charge < -0.3 is 15.0 Å². The first-order valence-corrected chi connectivity index (χ1v) is 7.19. The largest absolute Gasteiger partial charge is 0.496 e. The molecule has 1 N–H and O–H groups in total. The normalized spacial score (nSPS) is 10.5. The molecule has 0 fully saturated rings. The number of ether oxygens (including phenoxy) is 1. The van der Waals surface area contributed by atoms with E-state index in [2.05, 4.69) is 5.32 Å². The zero-order valence-corrected chi connectivity index (χ0v) is 14.1. The molecule has 122 valence electrons. The Bertz CT molecular complexity index is 535. The van der Waals surface area contributed by atoms with Crippen molar-refractivity contribution < 1.29 is 14.3 Å². The summed E-state index contributed by atoms with van der Waals surface area (Å²) >= 11 is 5.94. The predicted molar refractivity (Wildman–Crippen MR) is 86.0 cm³/mol. The predicted octanol–water partition coefficient (Wildman–Crippen LogP) is 0.985. The molecule has 22 heavy (non-hydrogen) atoms. The Morgan fingerprint density at radius 2 is 1.91 bits per heavy atom. The number of benzene rings is 1. The van der Waals surface area contributed by atoms with Gasteiger partial charge in [0.2, 0.25) is 11.8 Å². The third kappa shape index (κ3) is 5.91. The van der Waals surface area contributed by atoms with Crippen LogP contribution in [0.25, 0.3) is 0 Å². The molecule has 0 radical (unpaired) electrons. The molecule has 0 aliphatic heterocycles. The van der Waals surface area contributed by atoms with Crippen LogP contribution in [0.2, 0.25) is 5.02 Å². The van der Waals surface area contributed by atoms with Gasteiger partial charge >= 0.3 is 0 Å². The third-order valence-corrected chi connectivity index (χ3v) is 3.27. The van der Waals surface area contributed by atoms with Gasteiger partial charge in [0.25, 0.3) is 0 Å². The summed E-state index contributed by atoms with van der Waals surface area (Å²) in [6.45, 7) is 0.654. The summed E-state index contributed by atoms with van der Waals surface area (Å²) < 4.78 is 5.22. The van der Waals surface area contributed by atoms with Gasteiger partial charge in [-0.2, -0.15) is 0 Å². The number of halogens is 1. The Hall–Kier alpha value is -1.79. The minimum atomic E-state index is -0.170. The molecule has 0 unspecified atom stereocenters. The van der Waals surface area contributed by atoms with Crippen molar-refractivity contribution in [2.45, 2.75) is 6.54 Å². The average molecular weight is 328 g/mol. The highest BCUT2D eigenvalue weighted by molar-refractivity contribution is 6.30. The van der Waals surface area contributed by atoms with E-state index in [1.807, 2.05) is 0 Å². The Kier molecular flexibility index (Phi) is 7.14. The molecular formula is C15H22ClN3O3. The maximum Gasteiger partial charge on any atom is 0.236 e. The van der Waals surface area contributed by atoms with E-state index in [0.29, 0.717) is 17.3 Å². The zero-order chi connectivity index (χ0) is 16.7. The molecular weight excluding hydrogens is 306 g/mol. The van der Waals surface area contributed by atoms with Gasteiger partial charge in [0, 0.05) is 31.2 Å². The van der Waals surface area contributed by atoms with E-state index in [1.165, 1.54) is 4.90 Å². The van der Waals surface area contributed by atoms with Crippen molar-refractivity contribution in [3.05, 3.63) is 28.8 Å². The molecule has 0 atom stereocenters. The first-order valence-electron chi connectivity index (χ1n) is 6.81. The van der Waals surface area contributed by atoms with Gasteiger partial charge in [-0.1, -0.05) is 11.6 Å². The first-order chi connectivity index (χ1) is 10.3. The van der Waals surface area contributed by atoms with Crippen LogP contribution in [0.3, 0.4) is 0 Å². The number of carbonyl (C=O) groups excluding carboxylic acids is 2. The standard InChI is InChI=1S/C15H22ClN3O3/c1-18(2)15(21)10-19(3)9-14(20)17-8-11-7-12(16)5-6-13(11)22-4/h5-7H,8-10H2,1-4H3,(H,17,20). The Morgan fingerprint density at radius 1 is 1.23 bits per heavy atom. The van der Waals surface area contributed by atoms with Crippen LogP contribution in [0.1, 0.15) is 5.56 Å². The van der Waals surface area contributed by atoms with Crippen LogP contribution in [0.15, 0.2) is 18.2 Å². The third-order valence-electron chi connectivity index (χ3n) is 3.04. The van der Waals surface area contributed by atoms with Crippen molar-refractivity contribution >= 4 is 23.4 Å². The fourth-order valence-electron chi connectivity index (χ4n) is 1.81. The molecule has 0 aliphatic rings. The molecule has 0 saturated heterocycles. The van der Waals surface area contributed by atoms with E-state index in [1.54, 1.807) is 51.4 Å². The summed E-state index contributed by atoms with van der Waals surface area (Å²) in [5.41, 5.74) is 0.801. The number of rotatable bonds is 7. The summed E-state index contributed by atoms with van der Waals surface area (Å²) in [7, 11) is 6.65. The van der Waals surface area contributed by atoms with Gasteiger partial charge in [0.1, 0.15) is 5.75 Å². The highest BCUT2D eigenvalue weighted by Crippen LogP contribution is 2.22. The maximum absolute atomic E-state index is 11.9. The van der Waals surface area contributed by atoms with Crippen LogP contribution in [0.5, 0.6) is 5.75 Å². The summed E-state index contributed by atoms with van der Waals surface area (Å²) in [4.78, 5) is 26.6. The number of hydrogen-bond acceptors (Lipinski definition) is 4. The van der Waals surface area contributed by atoms with E-state index < -0.39 is 0 Å². The maximum atomic E-state index is 11.9. The van der Waals surface area contributed by atoms with Crippen molar-refractivity contribution in [1.29, 1.82) is 0 Å². The molecule has 1 aromatic rings. The van der Waals surface area contributed by atoms with Crippen LogP contribution in [0, 0.1) is 0 Å². The van der Waals surface area contributed by atoms with Crippen molar-refractivity contribution in [2.24, 2.45) is 0 Å². The van der Waals surface area contributed by atoms with E-state index in [9.17, 15) is 9.59 Å². The molecule has 0 spiro atoms. The van der Waals surface area contributed by atoms with Crippen LogP contribution >= 0.6 is 11.6 Å². The molecule has 0 heterocycles. The Labute approximate surface area is 136 Å². The van der Waals surface area contributed by atoms with Crippen LogP contribution < -0.4 is 10.1 Å². The second kappa shape index (κ2) is 8.60. The van der Waals surface area contributed by atoms with E-state index in [4.69, 9.17) is 16.3 Å². The summed E-state index contributed by atoms with van der Waals surface area (Å²) in [5.74, 6) is 0.448. The fraction of sp³-hybridized carbons (Fsp3) is 0.467. The lowest BCUT2D eigenvalue weighted by Crippen LogP contribution is -2.40. The number of nitrogens with one attached hydrogen (secondary N) is 1. The molecule has 1 aromatic carbocycles. The summed E-state index contributed by atoms with van der Waals surface area (Å²) in [6, 6.07) is 5.23. The number of amides is 2. The first kappa shape index (κ1) is 18.3. The molecule has 2 amide bonds. The average Bonchev–Trinajstić information content (AvgIpc) is 2.44. The second-order valence-corrected chi connectivity index (χ2v) is 5.63. The number of methoxy groups -OCH3 is 1. The van der Waals surface area contributed by atoms with E-state index >= 15 is 0 Å². The number of hydrogen-bond donors (Lipinski definition) is 1. The molecule has 7 heteroatoms. The highest BCUT2D eigenvalue weighted by Gasteiger charge is 2.12. The second-order valence-electron chi connectivity index (χ2n) is 5.19. The molecule has 0 aliphatic carbocycles. The lowest BCUT2D eigenvalue weighted by molar-refractivity contribution is -0.130. The van der Waals surface area contributed by atoms with Gasteiger partial charge in [-0.25, -0.2) is 0 Å². The summed E-state index contributed by atoms with van der Waals surface area (Å²) in [6.07, 6.45) is 0. The fourth-order valence-corrected chi connectivity index (χ4v) is 2.00. The lowest BCUT2D eigenvalue weighted by Gasteiger charge is -2.18. The van der Waals surface area contributed by atoms with Crippen LogP contribution in [-0.4, -0.2) is 63.0 Å². The van der Waals surface area contributed by atoms with Crippen molar-refractivity contribution in [3.8, 4) is 5.75 Å². The molecule has 0 aromatic heterocycles. The number of nitrogens with zero attached hydrogens (tertiary/aromatic N) is 2. The molecule has 0 saturated carbocycles. The minimum Gasteiger partial charge on any atom is -0.496 e. The van der Waals surface area contributed by atoms with Crippen LogP contribution in [-0.2, 0) is 16.1 Å².